The van der Waals surface area contributed by atoms with E-state index < -0.39 is 17.9 Å². The number of amides is 1. The van der Waals surface area contributed by atoms with E-state index in [1.807, 2.05) is 0 Å². The Labute approximate surface area is 84.4 Å². The number of nitrogens with two attached hydrogens (primary N) is 1. The maximum absolute atomic E-state index is 11.4. The van der Waals surface area contributed by atoms with E-state index in [0.717, 1.165) is 0 Å². The summed E-state index contributed by atoms with van der Waals surface area (Å²) in [6.07, 6.45) is 0.256. The minimum atomic E-state index is -1.12. The molecule has 0 aromatic carbocycles. The average Bonchev–Trinajstić information content (AvgIpc) is 2.60. The molecule has 8 heteroatoms. The van der Waals surface area contributed by atoms with Crippen molar-refractivity contribution in [1.29, 1.82) is 0 Å². The third-order valence-corrected chi connectivity index (χ3v) is 1.74. The lowest BCUT2D eigenvalue weighted by Gasteiger charge is -2.10. The minimum Gasteiger partial charge on any atom is -0.480 e. The normalized spacial score (nSPS) is 12.1. The van der Waals surface area contributed by atoms with Crippen LogP contribution >= 0.6 is 0 Å². The van der Waals surface area contributed by atoms with Gasteiger partial charge in [-0.3, -0.25) is 4.79 Å². The zero-order valence-corrected chi connectivity index (χ0v) is 7.93. The molecule has 8 nitrogen and oxygen atoms in total. The van der Waals surface area contributed by atoms with Gasteiger partial charge in [-0.25, -0.2) is 9.42 Å². The van der Waals surface area contributed by atoms with Gasteiger partial charge >= 0.3 is 5.97 Å². The first-order valence-electron chi connectivity index (χ1n) is 4.18. The standard InChI is InChI=1S/C7H10N4O4/c1-2-3(7(13)14)9-6(12)4-5(8)11-15-10-4/h3H,2H2,1H3,(H2,8,11)(H,9,12)(H,13,14)/t3-/m0/s1. The zero-order valence-electron chi connectivity index (χ0n) is 7.93. The predicted molar refractivity (Wildman–Crippen MR) is 47.9 cm³/mol. The van der Waals surface area contributed by atoms with Crippen molar-refractivity contribution in [2.45, 2.75) is 19.4 Å². The molecule has 82 valence electrons. The van der Waals surface area contributed by atoms with E-state index in [9.17, 15) is 9.59 Å². The number of nitrogens with one attached hydrogen (secondary N) is 1. The third kappa shape index (κ3) is 2.42. The van der Waals surface area contributed by atoms with Crippen molar-refractivity contribution in [3.05, 3.63) is 5.69 Å². The lowest BCUT2D eigenvalue weighted by molar-refractivity contribution is -0.139. The molecule has 0 bridgehead atoms. The lowest BCUT2D eigenvalue weighted by atomic mass is 10.2. The average molecular weight is 214 g/mol. The second-order valence-corrected chi connectivity index (χ2v) is 2.77. The van der Waals surface area contributed by atoms with Gasteiger partial charge in [-0.1, -0.05) is 6.92 Å². The van der Waals surface area contributed by atoms with Crippen molar-refractivity contribution < 1.29 is 19.3 Å². The van der Waals surface area contributed by atoms with Gasteiger partial charge in [-0.15, -0.1) is 0 Å². The Balaban J connectivity index is 2.71. The molecule has 0 saturated carbocycles. The molecule has 1 aromatic rings. The van der Waals surface area contributed by atoms with Crippen LogP contribution in [0.15, 0.2) is 4.63 Å². The Hall–Kier alpha value is -2.12. The summed E-state index contributed by atoms with van der Waals surface area (Å²) in [7, 11) is 0. The summed E-state index contributed by atoms with van der Waals surface area (Å²) < 4.78 is 4.21. The van der Waals surface area contributed by atoms with Crippen molar-refractivity contribution in [3.8, 4) is 0 Å². The van der Waals surface area contributed by atoms with E-state index >= 15 is 0 Å². The summed E-state index contributed by atoms with van der Waals surface area (Å²) in [4.78, 5) is 22.0. The highest BCUT2D eigenvalue weighted by atomic mass is 16.6. The summed E-state index contributed by atoms with van der Waals surface area (Å²) in [5.41, 5.74) is 5.05. The number of carbonyl (C=O) groups excluding carboxylic acids is 1. The van der Waals surface area contributed by atoms with Crippen molar-refractivity contribution in [2.75, 3.05) is 5.73 Å². The van der Waals surface area contributed by atoms with Gasteiger partial charge in [0.15, 0.2) is 0 Å². The number of hydrogen-bond donors (Lipinski definition) is 3. The molecule has 4 N–H and O–H groups in total. The number of carboxylic acids is 1. The van der Waals surface area contributed by atoms with Crippen LogP contribution in [0, 0.1) is 0 Å². The minimum absolute atomic E-state index is 0.173. The molecule has 0 saturated heterocycles. The fraction of sp³-hybridized carbons (Fsp3) is 0.429. The summed E-state index contributed by atoms with van der Waals surface area (Å²) in [5, 5.41) is 17.4. The first kappa shape index (κ1) is 11.0. The summed E-state index contributed by atoms with van der Waals surface area (Å²) in [6.45, 7) is 1.63. The molecule has 1 atom stereocenters. The molecule has 0 fully saturated rings. The van der Waals surface area contributed by atoms with E-state index in [0.29, 0.717) is 0 Å². The molecule has 0 spiro atoms. The highest BCUT2D eigenvalue weighted by Crippen LogP contribution is 2.04. The van der Waals surface area contributed by atoms with Gasteiger partial charge in [-0.2, -0.15) is 0 Å². The van der Waals surface area contributed by atoms with Gasteiger partial charge < -0.3 is 16.2 Å². The Morgan fingerprint density at radius 2 is 2.27 bits per heavy atom. The first-order valence-corrected chi connectivity index (χ1v) is 4.18. The highest BCUT2D eigenvalue weighted by molar-refractivity contribution is 5.98. The van der Waals surface area contributed by atoms with Crippen molar-refractivity contribution in [1.82, 2.24) is 15.6 Å². The Morgan fingerprint density at radius 3 is 2.67 bits per heavy atom. The zero-order chi connectivity index (χ0) is 11.4. The smallest absolute Gasteiger partial charge is 0.326 e. The quantitative estimate of drug-likeness (QED) is 0.600. The molecule has 1 heterocycles. The number of aliphatic carboxylic acids is 1. The van der Waals surface area contributed by atoms with E-state index in [1.165, 1.54) is 0 Å². The number of carboxylic acid groups (broad SMARTS) is 1. The Kier molecular flexibility index (Phi) is 3.21. The SMILES string of the molecule is CC[C@H](NC(=O)c1nonc1N)C(=O)O. The summed E-state index contributed by atoms with van der Waals surface area (Å²) >= 11 is 0. The number of rotatable bonds is 4. The van der Waals surface area contributed by atoms with Crippen molar-refractivity contribution >= 4 is 17.7 Å². The van der Waals surface area contributed by atoms with Gasteiger partial charge in [0, 0.05) is 0 Å². The second kappa shape index (κ2) is 4.40. The Morgan fingerprint density at radius 1 is 1.60 bits per heavy atom. The topological polar surface area (TPSA) is 131 Å². The molecule has 0 aliphatic carbocycles. The fourth-order valence-electron chi connectivity index (χ4n) is 0.918. The number of aromatic nitrogens is 2. The maximum Gasteiger partial charge on any atom is 0.326 e. The van der Waals surface area contributed by atoms with E-state index in [4.69, 9.17) is 10.8 Å². The molecule has 0 aliphatic rings. The fourth-order valence-corrected chi connectivity index (χ4v) is 0.918. The molecule has 1 rings (SSSR count). The molecule has 1 aromatic heterocycles. The number of hydrogen-bond acceptors (Lipinski definition) is 6. The van der Waals surface area contributed by atoms with E-state index in [2.05, 4.69) is 20.3 Å². The van der Waals surface area contributed by atoms with Crippen LogP contribution in [0.3, 0.4) is 0 Å². The molecule has 1 amide bonds. The molecule has 15 heavy (non-hydrogen) atoms. The van der Waals surface area contributed by atoms with Gasteiger partial charge in [-0.05, 0) is 16.7 Å². The van der Waals surface area contributed by atoms with Crippen LogP contribution in [0.1, 0.15) is 23.8 Å². The van der Waals surface area contributed by atoms with Gasteiger partial charge in [0.05, 0.1) is 0 Å². The molecule has 0 radical (unpaired) electrons. The largest absolute Gasteiger partial charge is 0.480 e. The van der Waals surface area contributed by atoms with Gasteiger partial charge in [0.1, 0.15) is 6.04 Å². The summed E-state index contributed by atoms with van der Waals surface area (Å²) in [5.74, 6) is -2.02. The van der Waals surface area contributed by atoms with Crippen molar-refractivity contribution in [3.63, 3.8) is 0 Å². The van der Waals surface area contributed by atoms with Crippen LogP contribution in [0.4, 0.5) is 5.82 Å². The third-order valence-electron chi connectivity index (χ3n) is 1.74. The number of carbonyl (C=O) groups is 2. The molecular formula is C7H10N4O4. The lowest BCUT2D eigenvalue weighted by Crippen LogP contribution is -2.40. The van der Waals surface area contributed by atoms with Crippen LogP contribution in [0.2, 0.25) is 0 Å². The molecule has 0 aliphatic heterocycles. The summed E-state index contributed by atoms with van der Waals surface area (Å²) in [6, 6.07) is -0.978. The van der Waals surface area contributed by atoms with Crippen LogP contribution < -0.4 is 11.1 Å². The predicted octanol–water partition coefficient (Wildman–Crippen LogP) is -0.755. The van der Waals surface area contributed by atoms with E-state index in [-0.39, 0.29) is 17.9 Å². The maximum atomic E-state index is 11.4. The Bertz CT molecular complexity index is 375. The van der Waals surface area contributed by atoms with Gasteiger partial charge in [0.25, 0.3) is 5.91 Å². The van der Waals surface area contributed by atoms with Crippen LogP contribution in [-0.2, 0) is 4.79 Å². The second-order valence-electron chi connectivity index (χ2n) is 2.77. The van der Waals surface area contributed by atoms with Crippen LogP contribution in [-0.4, -0.2) is 33.3 Å². The highest BCUT2D eigenvalue weighted by Gasteiger charge is 2.22. The number of nitrogen functional groups attached to an aromatic ring is 1. The van der Waals surface area contributed by atoms with Crippen molar-refractivity contribution in [2.24, 2.45) is 0 Å². The van der Waals surface area contributed by atoms with Gasteiger partial charge in [0.2, 0.25) is 11.5 Å². The number of nitrogens with zero attached hydrogens (tertiary/aromatic N) is 2. The molecule has 0 unspecified atom stereocenters. The molecular weight excluding hydrogens is 204 g/mol. The number of anilines is 1. The van der Waals surface area contributed by atoms with Crippen LogP contribution in [0.25, 0.3) is 0 Å². The first-order chi connectivity index (χ1) is 7.06. The van der Waals surface area contributed by atoms with Crippen LogP contribution in [0.5, 0.6) is 0 Å². The monoisotopic (exact) mass is 214 g/mol. The van der Waals surface area contributed by atoms with E-state index in [1.54, 1.807) is 6.92 Å².